The van der Waals surface area contributed by atoms with Crippen LogP contribution < -0.4 is 4.74 Å². The standard InChI is InChI=1S/C26H20N2O2/c1-30-20-13-11-18(12-14-20)17-28-23-10-6-5-9-21(23)22-15-16-27-24(25(22)28)26(29)19-7-3-2-4-8-19/h2-16H,17H2,1H3. The molecule has 0 spiro atoms. The van der Waals surface area contributed by atoms with Crippen LogP contribution in [0.5, 0.6) is 5.75 Å². The Morgan fingerprint density at radius 2 is 1.60 bits per heavy atom. The second kappa shape index (κ2) is 7.48. The lowest BCUT2D eigenvalue weighted by Crippen LogP contribution is -2.08. The molecule has 0 saturated heterocycles. The zero-order valence-electron chi connectivity index (χ0n) is 16.6. The average molecular weight is 392 g/mol. The van der Waals surface area contributed by atoms with Crippen LogP contribution >= 0.6 is 0 Å². The van der Waals surface area contributed by atoms with Gasteiger partial charge in [0.1, 0.15) is 11.4 Å². The Bertz CT molecular complexity index is 1350. The number of ether oxygens (including phenoxy) is 1. The summed E-state index contributed by atoms with van der Waals surface area (Å²) in [4.78, 5) is 17.9. The van der Waals surface area contributed by atoms with E-state index < -0.39 is 0 Å². The summed E-state index contributed by atoms with van der Waals surface area (Å²) in [6.45, 7) is 0.634. The van der Waals surface area contributed by atoms with E-state index >= 15 is 0 Å². The zero-order chi connectivity index (χ0) is 20.5. The van der Waals surface area contributed by atoms with Crippen molar-refractivity contribution < 1.29 is 9.53 Å². The van der Waals surface area contributed by atoms with Crippen LogP contribution in [0.4, 0.5) is 0 Å². The SMILES string of the molecule is COc1ccc(Cn2c3ccccc3c3ccnc(C(=O)c4ccccc4)c32)cc1. The maximum Gasteiger partial charge on any atom is 0.213 e. The molecule has 0 atom stereocenters. The minimum absolute atomic E-state index is 0.0695. The highest BCUT2D eigenvalue weighted by Gasteiger charge is 2.20. The minimum atomic E-state index is -0.0695. The molecule has 0 bridgehead atoms. The first-order valence-corrected chi connectivity index (χ1v) is 9.85. The summed E-state index contributed by atoms with van der Waals surface area (Å²) >= 11 is 0. The topological polar surface area (TPSA) is 44.1 Å². The van der Waals surface area contributed by atoms with E-state index in [9.17, 15) is 4.79 Å². The number of para-hydroxylation sites is 1. The maximum atomic E-state index is 13.3. The Balaban J connectivity index is 1.74. The number of ketones is 1. The minimum Gasteiger partial charge on any atom is -0.497 e. The fourth-order valence-electron chi connectivity index (χ4n) is 3.97. The predicted octanol–water partition coefficient (Wildman–Crippen LogP) is 5.48. The summed E-state index contributed by atoms with van der Waals surface area (Å²) in [6, 6.07) is 27.6. The molecule has 0 amide bonds. The quantitative estimate of drug-likeness (QED) is 0.372. The monoisotopic (exact) mass is 392 g/mol. The smallest absolute Gasteiger partial charge is 0.213 e. The number of methoxy groups -OCH3 is 1. The maximum absolute atomic E-state index is 13.3. The molecule has 4 heteroatoms. The van der Waals surface area contributed by atoms with Crippen molar-refractivity contribution in [2.24, 2.45) is 0 Å². The summed E-state index contributed by atoms with van der Waals surface area (Å²) in [7, 11) is 1.66. The second-order valence-corrected chi connectivity index (χ2v) is 7.20. The summed E-state index contributed by atoms with van der Waals surface area (Å²) in [5.74, 6) is 0.752. The van der Waals surface area contributed by atoms with Crippen molar-refractivity contribution in [3.8, 4) is 5.75 Å². The van der Waals surface area contributed by atoms with Gasteiger partial charge in [-0.25, -0.2) is 0 Å². The van der Waals surface area contributed by atoms with Crippen LogP contribution in [-0.4, -0.2) is 22.4 Å². The number of pyridine rings is 1. The molecule has 5 rings (SSSR count). The van der Waals surface area contributed by atoms with Crippen molar-refractivity contribution in [2.45, 2.75) is 6.54 Å². The fraction of sp³-hybridized carbons (Fsp3) is 0.0769. The van der Waals surface area contributed by atoms with Gasteiger partial charge in [-0.1, -0.05) is 60.7 Å². The molecule has 3 aromatic carbocycles. The number of carbonyl (C=O) groups is 1. The lowest BCUT2D eigenvalue weighted by Gasteiger charge is -2.11. The number of hydrogen-bond donors (Lipinski definition) is 0. The van der Waals surface area contributed by atoms with Gasteiger partial charge < -0.3 is 9.30 Å². The van der Waals surface area contributed by atoms with Crippen molar-refractivity contribution >= 4 is 27.6 Å². The van der Waals surface area contributed by atoms with Gasteiger partial charge in [-0.3, -0.25) is 9.78 Å². The number of nitrogens with zero attached hydrogens (tertiary/aromatic N) is 2. The Labute approximate surface area is 174 Å². The van der Waals surface area contributed by atoms with E-state index in [0.29, 0.717) is 17.8 Å². The first kappa shape index (κ1) is 18.1. The molecule has 2 heterocycles. The van der Waals surface area contributed by atoms with Crippen LogP contribution in [0.15, 0.2) is 91.1 Å². The van der Waals surface area contributed by atoms with Gasteiger partial charge in [-0.2, -0.15) is 0 Å². The highest BCUT2D eigenvalue weighted by molar-refractivity contribution is 6.19. The number of aromatic nitrogens is 2. The molecule has 0 fully saturated rings. The van der Waals surface area contributed by atoms with E-state index in [4.69, 9.17) is 4.74 Å². The third-order valence-electron chi connectivity index (χ3n) is 5.43. The molecule has 0 saturated carbocycles. The van der Waals surface area contributed by atoms with Crippen molar-refractivity contribution in [3.05, 3.63) is 108 Å². The summed E-state index contributed by atoms with van der Waals surface area (Å²) in [5, 5.41) is 2.15. The molecular weight excluding hydrogens is 372 g/mol. The van der Waals surface area contributed by atoms with Gasteiger partial charge in [0.25, 0.3) is 0 Å². The Hall–Kier alpha value is -3.92. The van der Waals surface area contributed by atoms with Gasteiger partial charge in [0, 0.05) is 34.6 Å². The third kappa shape index (κ3) is 3.03. The number of hydrogen-bond acceptors (Lipinski definition) is 3. The molecular formula is C26H20N2O2. The number of fused-ring (bicyclic) bond motifs is 3. The number of benzene rings is 3. The van der Waals surface area contributed by atoms with Crippen LogP contribution in [0.25, 0.3) is 21.8 Å². The predicted molar refractivity (Wildman–Crippen MR) is 119 cm³/mol. The third-order valence-corrected chi connectivity index (χ3v) is 5.43. The van der Waals surface area contributed by atoms with E-state index in [0.717, 1.165) is 33.1 Å². The van der Waals surface area contributed by atoms with Crippen molar-refractivity contribution in [1.29, 1.82) is 0 Å². The molecule has 0 unspecified atom stereocenters. The van der Waals surface area contributed by atoms with Gasteiger partial charge in [0.05, 0.1) is 12.6 Å². The van der Waals surface area contributed by atoms with Crippen LogP contribution in [0.1, 0.15) is 21.6 Å². The largest absolute Gasteiger partial charge is 0.497 e. The lowest BCUT2D eigenvalue weighted by molar-refractivity contribution is 0.103. The molecule has 4 nitrogen and oxygen atoms in total. The van der Waals surface area contributed by atoms with Gasteiger partial charge in [0.2, 0.25) is 5.78 Å². The molecule has 0 aliphatic carbocycles. The number of carbonyl (C=O) groups excluding carboxylic acids is 1. The van der Waals surface area contributed by atoms with E-state index in [2.05, 4.69) is 33.8 Å². The molecule has 5 aromatic rings. The molecule has 2 aromatic heterocycles. The van der Waals surface area contributed by atoms with Crippen molar-refractivity contribution in [3.63, 3.8) is 0 Å². The average Bonchev–Trinajstić information content (AvgIpc) is 3.13. The van der Waals surface area contributed by atoms with E-state index in [1.807, 2.05) is 60.7 Å². The van der Waals surface area contributed by atoms with Crippen LogP contribution in [-0.2, 0) is 6.54 Å². The fourth-order valence-corrected chi connectivity index (χ4v) is 3.97. The first-order valence-electron chi connectivity index (χ1n) is 9.85. The van der Waals surface area contributed by atoms with E-state index in [1.165, 1.54) is 0 Å². The highest BCUT2D eigenvalue weighted by Crippen LogP contribution is 2.32. The molecule has 146 valence electrons. The van der Waals surface area contributed by atoms with Crippen LogP contribution in [0.3, 0.4) is 0 Å². The number of rotatable bonds is 5. The van der Waals surface area contributed by atoms with E-state index in [-0.39, 0.29) is 5.78 Å². The molecule has 0 aliphatic rings. The molecule has 0 aliphatic heterocycles. The van der Waals surface area contributed by atoms with Gasteiger partial charge in [-0.15, -0.1) is 0 Å². The van der Waals surface area contributed by atoms with Crippen LogP contribution in [0.2, 0.25) is 0 Å². The second-order valence-electron chi connectivity index (χ2n) is 7.20. The Morgan fingerprint density at radius 3 is 2.37 bits per heavy atom. The Kier molecular flexibility index (Phi) is 4.52. The van der Waals surface area contributed by atoms with Crippen LogP contribution in [0, 0.1) is 0 Å². The first-order chi connectivity index (χ1) is 14.8. The molecule has 0 N–H and O–H groups in total. The summed E-state index contributed by atoms with van der Waals surface area (Å²) in [6.07, 6.45) is 1.72. The van der Waals surface area contributed by atoms with Gasteiger partial charge in [-0.05, 0) is 29.8 Å². The van der Waals surface area contributed by atoms with Gasteiger partial charge >= 0.3 is 0 Å². The lowest BCUT2D eigenvalue weighted by atomic mass is 10.1. The zero-order valence-corrected chi connectivity index (χ0v) is 16.6. The normalized spacial score (nSPS) is 11.1. The summed E-state index contributed by atoms with van der Waals surface area (Å²) < 4.78 is 7.47. The van der Waals surface area contributed by atoms with Crippen molar-refractivity contribution in [2.75, 3.05) is 7.11 Å². The molecule has 30 heavy (non-hydrogen) atoms. The summed E-state index contributed by atoms with van der Waals surface area (Å²) in [5.41, 5.74) is 4.18. The van der Waals surface area contributed by atoms with E-state index in [1.54, 1.807) is 13.3 Å². The molecule has 0 radical (unpaired) electrons. The Morgan fingerprint density at radius 1 is 0.867 bits per heavy atom. The van der Waals surface area contributed by atoms with Crippen molar-refractivity contribution in [1.82, 2.24) is 9.55 Å². The highest BCUT2D eigenvalue weighted by atomic mass is 16.5. The van der Waals surface area contributed by atoms with Gasteiger partial charge in [0.15, 0.2) is 0 Å².